The number of phenols is 1. The summed E-state index contributed by atoms with van der Waals surface area (Å²) in [5.41, 5.74) is 7.67. The predicted octanol–water partition coefficient (Wildman–Crippen LogP) is 4.17. The van der Waals surface area contributed by atoms with Gasteiger partial charge in [-0.15, -0.1) is 0 Å². The Labute approximate surface area is 210 Å². The summed E-state index contributed by atoms with van der Waals surface area (Å²) in [5.74, 6) is -1.34. The zero-order valence-electron chi connectivity index (χ0n) is 18.8. The maximum atomic E-state index is 12.7. The minimum atomic E-state index is -0.721. The van der Waals surface area contributed by atoms with E-state index in [2.05, 4.69) is 26.8 Å². The smallest absolute Gasteiger partial charge is 0.295 e. The summed E-state index contributed by atoms with van der Waals surface area (Å²) < 4.78 is 4.90. The zero-order valence-corrected chi connectivity index (χ0v) is 19.6. The number of rotatable bonds is 6. The van der Waals surface area contributed by atoms with Gasteiger partial charge in [-0.2, -0.15) is 5.26 Å². The zero-order chi connectivity index (χ0) is 25.8. The number of nitrogens with zero attached hydrogens (tertiary/aromatic N) is 3. The van der Waals surface area contributed by atoms with Gasteiger partial charge in [-0.25, -0.2) is 4.98 Å². The molecule has 2 aromatic heterocycles. The number of phenolic OH excluding ortho intramolecular Hbond substituents is 1. The summed E-state index contributed by atoms with van der Waals surface area (Å²) >= 11 is 5.98. The van der Waals surface area contributed by atoms with Crippen molar-refractivity contribution >= 4 is 34.9 Å². The summed E-state index contributed by atoms with van der Waals surface area (Å²) in [6, 6.07) is 15.6. The molecule has 0 fully saturated rings. The number of nitriles is 1. The molecule has 4 rings (SSSR count). The van der Waals surface area contributed by atoms with E-state index in [1.54, 1.807) is 49.4 Å². The molecule has 36 heavy (non-hydrogen) atoms. The van der Waals surface area contributed by atoms with Crippen molar-refractivity contribution in [3.05, 3.63) is 77.1 Å². The molecule has 180 valence electrons. The van der Waals surface area contributed by atoms with Crippen LogP contribution in [-0.4, -0.2) is 33.1 Å². The van der Waals surface area contributed by atoms with Crippen molar-refractivity contribution < 1.29 is 19.2 Å². The highest BCUT2D eigenvalue weighted by atomic mass is 35.5. The van der Waals surface area contributed by atoms with Crippen LogP contribution in [-0.2, 0) is 4.79 Å². The van der Waals surface area contributed by atoms with Crippen LogP contribution >= 0.6 is 11.6 Å². The van der Waals surface area contributed by atoms with E-state index in [9.17, 15) is 20.0 Å². The van der Waals surface area contributed by atoms with Crippen LogP contribution in [0.1, 0.15) is 23.0 Å². The lowest BCUT2D eigenvalue weighted by molar-refractivity contribution is -0.117. The second-order valence-electron chi connectivity index (χ2n) is 7.74. The van der Waals surface area contributed by atoms with Gasteiger partial charge in [-0.05, 0) is 48.9 Å². The fourth-order valence-electron chi connectivity index (χ4n) is 3.36. The van der Waals surface area contributed by atoms with Crippen molar-refractivity contribution in [2.45, 2.75) is 13.0 Å². The molecular weight excluding hydrogens is 484 g/mol. The van der Waals surface area contributed by atoms with Crippen molar-refractivity contribution in [2.24, 2.45) is 5.73 Å². The summed E-state index contributed by atoms with van der Waals surface area (Å²) in [7, 11) is 0. The van der Waals surface area contributed by atoms with Crippen LogP contribution in [0.5, 0.6) is 5.75 Å². The number of carbonyl (C=O) groups is 2. The Balaban J connectivity index is 1.88. The average molecular weight is 503 g/mol. The molecule has 10 nitrogen and oxygen atoms in total. The molecule has 0 aliphatic rings. The number of halogens is 1. The molecule has 0 saturated heterocycles. The minimum absolute atomic E-state index is 0.0516. The first-order valence-electron chi connectivity index (χ1n) is 10.6. The van der Waals surface area contributed by atoms with E-state index in [0.717, 1.165) is 0 Å². The Bertz CT molecular complexity index is 1500. The van der Waals surface area contributed by atoms with Crippen molar-refractivity contribution in [1.29, 1.82) is 5.26 Å². The SMILES string of the molecule is CC(N)C(=O)Nc1cccc(-c2cc(-c3ccc(Cl)cc3O)nc(NC(=O)c3ccno3)c2C#N)c1. The molecular formula is C25H19ClN6O4. The van der Waals surface area contributed by atoms with Gasteiger partial charge < -0.3 is 26.0 Å². The van der Waals surface area contributed by atoms with E-state index in [1.165, 1.54) is 18.3 Å². The number of aromatic nitrogens is 2. The van der Waals surface area contributed by atoms with Crippen LogP contribution in [0, 0.1) is 11.3 Å². The van der Waals surface area contributed by atoms with Gasteiger partial charge in [-0.1, -0.05) is 28.9 Å². The van der Waals surface area contributed by atoms with Crippen LogP contribution in [0.3, 0.4) is 0 Å². The number of hydrogen-bond acceptors (Lipinski definition) is 8. The molecule has 11 heteroatoms. The van der Waals surface area contributed by atoms with Crippen LogP contribution in [0.25, 0.3) is 22.4 Å². The highest BCUT2D eigenvalue weighted by Gasteiger charge is 2.21. The second kappa shape index (κ2) is 10.3. The Morgan fingerprint density at radius 1 is 1.14 bits per heavy atom. The Kier molecular flexibility index (Phi) is 6.96. The maximum absolute atomic E-state index is 12.7. The molecule has 0 spiro atoms. The Hall–Kier alpha value is -4.72. The Morgan fingerprint density at radius 3 is 2.61 bits per heavy atom. The topological polar surface area (TPSA) is 167 Å². The number of amides is 2. The summed E-state index contributed by atoms with van der Waals surface area (Å²) in [5, 5.41) is 29.6. The molecule has 2 aromatic carbocycles. The van der Waals surface area contributed by atoms with E-state index in [4.69, 9.17) is 21.9 Å². The van der Waals surface area contributed by atoms with E-state index in [0.29, 0.717) is 27.4 Å². The fourth-order valence-corrected chi connectivity index (χ4v) is 3.52. The number of nitrogens with one attached hydrogen (secondary N) is 2. The minimum Gasteiger partial charge on any atom is -0.507 e. The first-order valence-corrected chi connectivity index (χ1v) is 11.0. The fraction of sp³-hybridized carbons (Fsp3) is 0.0800. The molecule has 0 aliphatic heterocycles. The number of hydrogen-bond donors (Lipinski definition) is 4. The van der Waals surface area contributed by atoms with Gasteiger partial charge in [0.15, 0.2) is 5.82 Å². The van der Waals surface area contributed by atoms with E-state index in [-0.39, 0.29) is 34.5 Å². The molecule has 1 atom stereocenters. The van der Waals surface area contributed by atoms with E-state index in [1.807, 2.05) is 0 Å². The number of anilines is 2. The predicted molar refractivity (Wildman–Crippen MR) is 133 cm³/mol. The van der Waals surface area contributed by atoms with Gasteiger partial charge in [-0.3, -0.25) is 9.59 Å². The van der Waals surface area contributed by atoms with Crippen molar-refractivity contribution in [3.8, 4) is 34.2 Å². The number of carbonyl (C=O) groups excluding carboxylic acids is 2. The standard InChI is InChI=1S/C25H19ClN6O4/c1-13(28)24(34)30-16-4-2-3-14(9-16)18-11-20(17-6-5-15(26)10-21(17)33)31-23(19(18)12-27)32-25(35)22-7-8-29-36-22/h2-11,13,33H,28H2,1H3,(H,30,34)(H,31,32,35). The lowest BCUT2D eigenvalue weighted by Crippen LogP contribution is -2.32. The molecule has 0 aliphatic carbocycles. The lowest BCUT2D eigenvalue weighted by Gasteiger charge is -2.15. The molecule has 0 bridgehead atoms. The maximum Gasteiger partial charge on any atom is 0.295 e. The van der Waals surface area contributed by atoms with E-state index >= 15 is 0 Å². The monoisotopic (exact) mass is 502 g/mol. The highest BCUT2D eigenvalue weighted by Crippen LogP contribution is 2.37. The normalized spacial score (nSPS) is 11.4. The van der Waals surface area contributed by atoms with Gasteiger partial charge in [0.2, 0.25) is 11.7 Å². The largest absolute Gasteiger partial charge is 0.507 e. The van der Waals surface area contributed by atoms with Crippen LogP contribution in [0.2, 0.25) is 5.02 Å². The van der Waals surface area contributed by atoms with Crippen LogP contribution < -0.4 is 16.4 Å². The second-order valence-corrected chi connectivity index (χ2v) is 8.18. The average Bonchev–Trinajstić information content (AvgIpc) is 3.39. The molecule has 4 aromatic rings. The van der Waals surface area contributed by atoms with Gasteiger partial charge >= 0.3 is 0 Å². The molecule has 0 radical (unpaired) electrons. The first-order chi connectivity index (χ1) is 17.3. The third-order valence-electron chi connectivity index (χ3n) is 5.12. The summed E-state index contributed by atoms with van der Waals surface area (Å²) in [4.78, 5) is 29.2. The molecule has 2 amide bonds. The molecule has 5 N–H and O–H groups in total. The number of aromatic hydroxyl groups is 1. The van der Waals surface area contributed by atoms with Gasteiger partial charge in [0.1, 0.15) is 17.4 Å². The van der Waals surface area contributed by atoms with Crippen molar-refractivity contribution in [2.75, 3.05) is 10.6 Å². The third-order valence-corrected chi connectivity index (χ3v) is 5.35. The van der Waals surface area contributed by atoms with Crippen LogP contribution in [0.4, 0.5) is 11.5 Å². The van der Waals surface area contributed by atoms with Crippen molar-refractivity contribution in [1.82, 2.24) is 10.1 Å². The molecule has 1 unspecified atom stereocenters. The Morgan fingerprint density at radius 2 is 1.94 bits per heavy atom. The summed E-state index contributed by atoms with van der Waals surface area (Å²) in [6.07, 6.45) is 1.31. The van der Waals surface area contributed by atoms with Gasteiger partial charge in [0.25, 0.3) is 5.91 Å². The van der Waals surface area contributed by atoms with Crippen molar-refractivity contribution in [3.63, 3.8) is 0 Å². The summed E-state index contributed by atoms with van der Waals surface area (Å²) in [6.45, 7) is 1.56. The number of benzene rings is 2. The quantitative estimate of drug-likeness (QED) is 0.304. The van der Waals surface area contributed by atoms with Gasteiger partial charge in [0, 0.05) is 27.9 Å². The van der Waals surface area contributed by atoms with Gasteiger partial charge in [0.05, 0.1) is 17.9 Å². The number of nitrogens with two attached hydrogens (primary N) is 1. The van der Waals surface area contributed by atoms with E-state index < -0.39 is 11.9 Å². The lowest BCUT2D eigenvalue weighted by atomic mass is 9.97. The highest BCUT2D eigenvalue weighted by molar-refractivity contribution is 6.30. The first kappa shape index (κ1) is 24.4. The van der Waals surface area contributed by atoms with Crippen LogP contribution in [0.15, 0.2) is 65.3 Å². The molecule has 0 saturated carbocycles. The third kappa shape index (κ3) is 5.17. The molecule has 2 heterocycles. The number of pyridine rings is 1.